The molecule has 2 N–H and O–H groups in total. The third kappa shape index (κ3) is 14.2. The summed E-state index contributed by atoms with van der Waals surface area (Å²) < 4.78 is 42.3. The van der Waals surface area contributed by atoms with Gasteiger partial charge in [0.2, 0.25) is 17.7 Å². The van der Waals surface area contributed by atoms with Gasteiger partial charge in [0.05, 0.1) is 19.8 Å². The van der Waals surface area contributed by atoms with Gasteiger partial charge < -0.3 is 34.3 Å². The fourth-order valence-electron chi connectivity index (χ4n) is 8.56. The summed E-state index contributed by atoms with van der Waals surface area (Å²) in [6, 6.07) is 18.8. The zero-order chi connectivity index (χ0) is 50.7. The largest absolute Gasteiger partial charge is 0.480 e. The number of hydrogen-bond acceptors (Lipinski definition) is 10. The standard InChI is InChI=1S/C27H35FN4O3Si.C22H25FN4O2.C4H8O/c1-18-16-32(19(2)15-31(18)17-21-8-10-23(28)11-9-21)27(34)24-14-22(12-13-36(5,6)7)25(29-20(3)33)30-26(24)35-4;1-14-12-27(15(2)11-26(14)13-16-4-6-18(23)7-5-16)22(28)19-10-17-8-9-24-20(17)25-21(19)29-3;1-2-4-5-3-1/h8-11,14,18-19H,15-17H2,1-7H3,(H,29,30,33);4-10,14-15H,11-13H2,1-3H3,(H,24,25);1-4H2/t18-,19+;14-,15+;/m00./s1. The molecule has 0 spiro atoms. The van der Waals surface area contributed by atoms with Gasteiger partial charge in [-0.3, -0.25) is 24.2 Å². The van der Waals surface area contributed by atoms with Crippen molar-refractivity contribution in [2.45, 2.75) is 104 Å². The number of ether oxygens (including phenoxy) is 3. The number of H-pyrrole nitrogens is 1. The minimum atomic E-state index is -1.72. The van der Waals surface area contributed by atoms with E-state index in [-0.39, 0.29) is 65.2 Å². The number of aromatic nitrogens is 3. The van der Waals surface area contributed by atoms with E-state index in [1.54, 1.807) is 24.4 Å². The molecule has 3 aliphatic rings. The highest BCUT2D eigenvalue weighted by Gasteiger charge is 2.36. The average Bonchev–Trinajstić information content (AvgIpc) is 4.07. The topological polar surface area (TPSA) is 145 Å². The number of piperazine rings is 2. The Balaban J connectivity index is 0.000000212. The van der Waals surface area contributed by atoms with E-state index in [2.05, 4.69) is 81.9 Å². The Kier molecular flexibility index (Phi) is 18.3. The molecule has 3 fully saturated rings. The number of hydrogen-bond donors (Lipinski definition) is 2. The van der Waals surface area contributed by atoms with Crippen LogP contribution in [0, 0.1) is 23.1 Å². The van der Waals surface area contributed by atoms with Crippen molar-refractivity contribution in [1.29, 1.82) is 0 Å². The van der Waals surface area contributed by atoms with Gasteiger partial charge in [-0.2, -0.15) is 9.97 Å². The van der Waals surface area contributed by atoms with Crippen LogP contribution in [0.3, 0.4) is 0 Å². The maximum Gasteiger partial charge on any atom is 0.259 e. The normalized spacial score (nSPS) is 19.5. The van der Waals surface area contributed by atoms with Crippen molar-refractivity contribution in [2.24, 2.45) is 0 Å². The summed E-state index contributed by atoms with van der Waals surface area (Å²) in [5.41, 5.74) is 7.36. The Hall–Kier alpha value is -6.19. The maximum atomic E-state index is 13.7. The van der Waals surface area contributed by atoms with E-state index in [1.165, 1.54) is 58.3 Å². The monoisotopic (exact) mass is 978 g/mol. The molecule has 6 heterocycles. The van der Waals surface area contributed by atoms with E-state index in [4.69, 9.17) is 14.2 Å². The van der Waals surface area contributed by atoms with Gasteiger partial charge in [-0.05, 0) is 94.1 Å². The molecule has 2 aromatic carbocycles. The quantitative estimate of drug-likeness (QED) is 0.109. The summed E-state index contributed by atoms with van der Waals surface area (Å²) >= 11 is 0. The van der Waals surface area contributed by atoms with Gasteiger partial charge in [0.25, 0.3) is 11.8 Å². The fraction of sp³-hybridized carbons (Fsp3) is 0.453. The molecule has 0 unspecified atom stereocenters. The number of rotatable bonds is 9. The molecule has 0 radical (unpaired) electrons. The highest BCUT2D eigenvalue weighted by molar-refractivity contribution is 6.83. The molecule has 0 saturated carbocycles. The predicted molar refractivity (Wildman–Crippen MR) is 272 cm³/mol. The zero-order valence-electron chi connectivity index (χ0n) is 42.2. The van der Waals surface area contributed by atoms with Crippen LogP contribution in [-0.2, 0) is 22.6 Å². The number of fused-ring (bicyclic) bond motifs is 1. The van der Waals surface area contributed by atoms with Gasteiger partial charge in [-0.1, -0.05) is 49.8 Å². The maximum absolute atomic E-state index is 13.7. The molecule has 3 aromatic heterocycles. The molecule has 14 nitrogen and oxygen atoms in total. The molecular formula is C53H68F2N8O6Si. The number of carbonyl (C=O) groups is 3. The lowest BCUT2D eigenvalue weighted by Crippen LogP contribution is -2.57. The number of aromatic amines is 1. The van der Waals surface area contributed by atoms with Crippen LogP contribution >= 0.6 is 0 Å². The first-order valence-corrected chi connectivity index (χ1v) is 27.4. The molecule has 17 heteroatoms. The number of nitrogens with zero attached hydrogens (tertiary/aromatic N) is 6. The molecule has 0 aliphatic carbocycles. The molecule has 374 valence electrons. The Bertz CT molecular complexity index is 2640. The molecule has 3 saturated heterocycles. The van der Waals surface area contributed by atoms with Crippen LogP contribution < -0.4 is 14.8 Å². The summed E-state index contributed by atoms with van der Waals surface area (Å²) in [7, 11) is 1.26. The van der Waals surface area contributed by atoms with E-state index >= 15 is 0 Å². The summed E-state index contributed by atoms with van der Waals surface area (Å²) in [6.45, 7) is 22.0. The first-order valence-electron chi connectivity index (χ1n) is 23.9. The Morgan fingerprint density at radius 2 is 1.21 bits per heavy atom. The number of benzene rings is 2. The Morgan fingerprint density at radius 3 is 1.66 bits per heavy atom. The third-order valence-corrected chi connectivity index (χ3v) is 13.3. The van der Waals surface area contributed by atoms with Crippen LogP contribution in [-0.4, -0.2) is 138 Å². The van der Waals surface area contributed by atoms with E-state index in [0.717, 1.165) is 42.8 Å². The van der Waals surface area contributed by atoms with Gasteiger partial charge in [0.15, 0.2) is 5.82 Å². The van der Waals surface area contributed by atoms with Crippen molar-refractivity contribution in [1.82, 2.24) is 34.6 Å². The second-order valence-electron chi connectivity index (χ2n) is 19.3. The molecule has 70 heavy (non-hydrogen) atoms. The lowest BCUT2D eigenvalue weighted by Gasteiger charge is -2.44. The number of amides is 3. The highest BCUT2D eigenvalue weighted by Crippen LogP contribution is 2.29. The fourth-order valence-corrected chi connectivity index (χ4v) is 9.07. The number of methoxy groups -OCH3 is 2. The van der Waals surface area contributed by atoms with Gasteiger partial charge in [0.1, 0.15) is 36.5 Å². The van der Waals surface area contributed by atoms with Gasteiger partial charge in [-0.15, -0.1) is 5.54 Å². The van der Waals surface area contributed by atoms with Gasteiger partial charge in [0, 0.05) is 95.2 Å². The summed E-state index contributed by atoms with van der Waals surface area (Å²) in [5.74, 6) is 2.88. The second-order valence-corrected chi connectivity index (χ2v) is 24.1. The van der Waals surface area contributed by atoms with Crippen LogP contribution in [0.4, 0.5) is 14.6 Å². The van der Waals surface area contributed by atoms with Crippen molar-refractivity contribution in [3.63, 3.8) is 0 Å². The Morgan fingerprint density at radius 1 is 0.729 bits per heavy atom. The lowest BCUT2D eigenvalue weighted by molar-refractivity contribution is -0.114. The molecule has 3 aliphatic heterocycles. The van der Waals surface area contributed by atoms with Crippen molar-refractivity contribution in [3.8, 4) is 23.2 Å². The third-order valence-electron chi connectivity index (χ3n) is 12.4. The van der Waals surface area contributed by atoms with Crippen molar-refractivity contribution in [2.75, 3.05) is 58.9 Å². The van der Waals surface area contributed by atoms with E-state index < -0.39 is 8.07 Å². The SMILES string of the molecule is C1CCOC1.COc1nc(NC(C)=O)c(C#C[Si](C)(C)C)cc1C(=O)N1C[C@H](C)N(Cc2ccc(F)cc2)C[C@H]1C.COc1nc2[nH]ccc2cc1C(=O)N1C[C@H](C)N(Cc2ccc(F)cc2)C[C@H]1C. The predicted octanol–water partition coefficient (Wildman–Crippen LogP) is 8.39. The first kappa shape index (κ1) is 53.2. The summed E-state index contributed by atoms with van der Waals surface area (Å²) in [5, 5.41) is 3.59. The smallest absolute Gasteiger partial charge is 0.259 e. The second kappa shape index (κ2) is 24.1. The number of halogens is 2. The van der Waals surface area contributed by atoms with E-state index in [9.17, 15) is 23.2 Å². The van der Waals surface area contributed by atoms with Crippen molar-refractivity contribution in [3.05, 3.63) is 112 Å². The van der Waals surface area contributed by atoms with Crippen LogP contribution in [0.15, 0.2) is 72.9 Å². The van der Waals surface area contributed by atoms with Crippen LogP contribution in [0.25, 0.3) is 11.0 Å². The molecule has 4 atom stereocenters. The van der Waals surface area contributed by atoms with Crippen LogP contribution in [0.2, 0.25) is 19.6 Å². The molecule has 3 amide bonds. The molecule has 8 rings (SSSR count). The zero-order valence-corrected chi connectivity index (χ0v) is 43.2. The van der Waals surface area contributed by atoms with Gasteiger partial charge in [-0.25, -0.2) is 8.78 Å². The number of carbonyl (C=O) groups excluding carboxylic acids is 3. The van der Waals surface area contributed by atoms with E-state index in [1.807, 2.05) is 41.0 Å². The van der Waals surface area contributed by atoms with Crippen LogP contribution in [0.5, 0.6) is 11.8 Å². The van der Waals surface area contributed by atoms with E-state index in [0.29, 0.717) is 54.4 Å². The molecular weight excluding hydrogens is 911 g/mol. The van der Waals surface area contributed by atoms with Crippen molar-refractivity contribution >= 4 is 42.6 Å². The highest BCUT2D eigenvalue weighted by atomic mass is 28.3. The summed E-state index contributed by atoms with van der Waals surface area (Å²) in [6.07, 6.45) is 4.35. The molecule has 5 aromatic rings. The van der Waals surface area contributed by atoms with Crippen molar-refractivity contribution < 1.29 is 37.4 Å². The van der Waals surface area contributed by atoms with Gasteiger partial charge >= 0.3 is 0 Å². The summed E-state index contributed by atoms with van der Waals surface area (Å²) in [4.78, 5) is 59.1. The lowest BCUT2D eigenvalue weighted by atomic mass is 10.0. The number of anilines is 1. The molecule has 0 bridgehead atoms. The van der Waals surface area contributed by atoms with Crippen LogP contribution in [0.1, 0.15) is 84.9 Å². The minimum absolute atomic E-state index is 0.0331. The number of nitrogens with one attached hydrogen (secondary N) is 2. The Labute approximate surface area is 412 Å². The first-order chi connectivity index (χ1) is 33.3. The number of pyridine rings is 2. The average molecular weight is 979 g/mol. The minimum Gasteiger partial charge on any atom is -0.480 e.